The van der Waals surface area contributed by atoms with Crippen LogP contribution < -0.4 is 5.32 Å². The second-order valence-electron chi connectivity index (χ2n) is 4.38. The van der Waals surface area contributed by atoms with Crippen molar-refractivity contribution in [2.45, 2.75) is 6.04 Å². The van der Waals surface area contributed by atoms with Gasteiger partial charge in [0.05, 0.1) is 11.6 Å². The van der Waals surface area contributed by atoms with Crippen LogP contribution in [0.4, 0.5) is 17.6 Å². The predicted molar refractivity (Wildman–Crippen MR) is 75.6 cm³/mol. The first-order valence-corrected chi connectivity index (χ1v) is 5.93. The number of nitrogens with one attached hydrogen (secondary N) is 1. The number of halogens is 6. The second kappa shape index (κ2) is 8.63. The van der Waals surface area contributed by atoms with Crippen LogP contribution in [-0.2, 0) is 0 Å². The minimum atomic E-state index is -1.69. The molecule has 0 unspecified atom stereocenters. The Balaban J connectivity index is 0.00000200. The van der Waals surface area contributed by atoms with Gasteiger partial charge in [-0.2, -0.15) is 0 Å². The van der Waals surface area contributed by atoms with E-state index in [0.29, 0.717) is 32.2 Å². The Hall–Kier alpha value is -0.760. The summed E-state index contributed by atoms with van der Waals surface area (Å²) in [6, 6.07) is -0.643. The lowest BCUT2D eigenvalue weighted by Crippen LogP contribution is -2.46. The van der Waals surface area contributed by atoms with Crippen molar-refractivity contribution in [3.8, 4) is 5.75 Å². The number of rotatable bonds is 3. The summed E-state index contributed by atoms with van der Waals surface area (Å²) in [5.74, 6) is -5.48. The van der Waals surface area contributed by atoms with E-state index in [2.05, 4.69) is 5.32 Å². The number of hydrogen-bond acceptors (Lipinski definition) is 3. The molecule has 0 saturated carbocycles. The lowest BCUT2D eigenvalue weighted by Gasteiger charge is -2.34. The number of benzene rings is 1. The first-order chi connectivity index (χ1) is 9.06. The zero-order valence-electron chi connectivity index (χ0n) is 10.9. The molecular formula is C12H16Cl2F4N2O. The molecule has 122 valence electrons. The highest BCUT2D eigenvalue weighted by Crippen LogP contribution is 2.34. The molecule has 0 spiro atoms. The summed E-state index contributed by atoms with van der Waals surface area (Å²) in [7, 11) is 0. The van der Waals surface area contributed by atoms with Crippen LogP contribution in [0.1, 0.15) is 11.6 Å². The van der Waals surface area contributed by atoms with Crippen molar-refractivity contribution in [2.75, 3.05) is 32.9 Å². The number of phenols is 1. The molecule has 2 rings (SSSR count). The van der Waals surface area contributed by atoms with E-state index in [1.54, 1.807) is 4.90 Å². The van der Waals surface area contributed by atoms with Gasteiger partial charge in [0.25, 0.3) is 0 Å². The molecular weight excluding hydrogens is 335 g/mol. The Labute approximate surface area is 132 Å². The van der Waals surface area contributed by atoms with E-state index < -0.39 is 41.5 Å². The summed E-state index contributed by atoms with van der Waals surface area (Å²) >= 11 is 0. The Morgan fingerprint density at radius 2 is 1.71 bits per heavy atom. The van der Waals surface area contributed by atoms with Crippen molar-refractivity contribution < 1.29 is 22.7 Å². The summed E-state index contributed by atoms with van der Waals surface area (Å²) in [5, 5.41) is 12.6. The third-order valence-electron chi connectivity index (χ3n) is 3.25. The molecule has 3 nitrogen and oxygen atoms in total. The summed E-state index contributed by atoms with van der Waals surface area (Å²) < 4.78 is 53.1. The highest BCUT2D eigenvalue weighted by atomic mass is 35.5. The molecule has 21 heavy (non-hydrogen) atoms. The average molecular weight is 351 g/mol. The van der Waals surface area contributed by atoms with Gasteiger partial charge >= 0.3 is 0 Å². The van der Waals surface area contributed by atoms with Crippen LogP contribution in [0.5, 0.6) is 5.75 Å². The number of aromatic hydroxyl groups is 1. The van der Waals surface area contributed by atoms with Crippen LogP contribution in [0.3, 0.4) is 0 Å². The smallest absolute Gasteiger partial charge is 0.195 e. The van der Waals surface area contributed by atoms with Crippen LogP contribution in [0, 0.1) is 17.5 Å². The zero-order chi connectivity index (χ0) is 14.0. The van der Waals surface area contributed by atoms with E-state index in [-0.39, 0.29) is 24.8 Å². The first-order valence-electron chi connectivity index (χ1n) is 5.93. The molecule has 2 N–H and O–H groups in total. The van der Waals surface area contributed by atoms with Crippen molar-refractivity contribution in [2.24, 2.45) is 0 Å². The third-order valence-corrected chi connectivity index (χ3v) is 3.25. The van der Waals surface area contributed by atoms with Crippen LogP contribution in [0.15, 0.2) is 6.07 Å². The molecule has 1 atom stereocenters. The largest absolute Gasteiger partial charge is 0.507 e. The van der Waals surface area contributed by atoms with Crippen LogP contribution in [0.25, 0.3) is 0 Å². The molecule has 0 amide bonds. The van der Waals surface area contributed by atoms with Crippen LogP contribution >= 0.6 is 24.8 Å². The highest BCUT2D eigenvalue weighted by Gasteiger charge is 2.30. The zero-order valence-corrected chi connectivity index (χ0v) is 12.5. The van der Waals surface area contributed by atoms with Gasteiger partial charge in [0.1, 0.15) is 12.4 Å². The molecule has 1 aromatic carbocycles. The van der Waals surface area contributed by atoms with E-state index in [0.717, 1.165) is 0 Å². The fraction of sp³-hybridized carbons (Fsp3) is 0.500. The third kappa shape index (κ3) is 4.12. The van der Waals surface area contributed by atoms with Gasteiger partial charge in [0.2, 0.25) is 0 Å². The standard InChI is InChI=1S/C12H14F4N2O.2ClH/c13-6-8(18-3-1-17-2-4-18)10-9(19)5-7(14)11(15)12(10)16;;/h5,8,17,19H,1-4,6H2;2*1H/t8-;;/m1../s1. The highest BCUT2D eigenvalue weighted by molar-refractivity contribution is 5.85. The molecule has 1 aliphatic heterocycles. The van der Waals surface area contributed by atoms with Gasteiger partial charge in [-0.3, -0.25) is 4.90 Å². The van der Waals surface area contributed by atoms with Crippen molar-refractivity contribution in [1.29, 1.82) is 0 Å². The summed E-state index contributed by atoms with van der Waals surface area (Å²) in [6.45, 7) is 1.06. The summed E-state index contributed by atoms with van der Waals surface area (Å²) in [5.41, 5.74) is -0.525. The van der Waals surface area contributed by atoms with Gasteiger partial charge in [-0.25, -0.2) is 17.6 Å². The van der Waals surface area contributed by atoms with Gasteiger partial charge in [-0.1, -0.05) is 0 Å². The Bertz CT molecular complexity index is 473. The van der Waals surface area contributed by atoms with E-state index in [4.69, 9.17) is 0 Å². The SMILES string of the molecule is Cl.Cl.Oc1cc(F)c(F)c(F)c1[C@@H](CF)N1CCNCC1. The number of alkyl halides is 1. The second-order valence-corrected chi connectivity index (χ2v) is 4.38. The van der Waals surface area contributed by atoms with E-state index in [9.17, 15) is 22.7 Å². The molecule has 0 bridgehead atoms. The molecule has 1 heterocycles. The van der Waals surface area contributed by atoms with E-state index in [1.807, 2.05) is 0 Å². The number of hydrogen-bond donors (Lipinski definition) is 2. The minimum Gasteiger partial charge on any atom is -0.507 e. The molecule has 9 heteroatoms. The number of nitrogens with zero attached hydrogens (tertiary/aromatic N) is 1. The molecule has 0 aliphatic carbocycles. The average Bonchev–Trinajstić information content (AvgIpc) is 2.42. The minimum absolute atomic E-state index is 0. The van der Waals surface area contributed by atoms with Crippen molar-refractivity contribution in [3.63, 3.8) is 0 Å². The van der Waals surface area contributed by atoms with Crippen molar-refractivity contribution in [3.05, 3.63) is 29.1 Å². The monoisotopic (exact) mass is 350 g/mol. The van der Waals surface area contributed by atoms with Crippen LogP contribution in [0.2, 0.25) is 0 Å². The maximum absolute atomic E-state index is 13.7. The molecule has 1 aliphatic rings. The van der Waals surface area contributed by atoms with Gasteiger partial charge in [0.15, 0.2) is 17.5 Å². The lowest BCUT2D eigenvalue weighted by molar-refractivity contribution is 0.141. The Morgan fingerprint density at radius 3 is 2.24 bits per heavy atom. The quantitative estimate of drug-likeness (QED) is 0.649. The number of piperazine rings is 1. The predicted octanol–water partition coefficient (Wildman–Crippen LogP) is 2.57. The van der Waals surface area contributed by atoms with Crippen LogP contribution in [-0.4, -0.2) is 42.9 Å². The first kappa shape index (κ1) is 20.2. The topological polar surface area (TPSA) is 35.5 Å². The lowest BCUT2D eigenvalue weighted by atomic mass is 10.0. The van der Waals surface area contributed by atoms with Gasteiger partial charge in [0, 0.05) is 32.2 Å². The molecule has 0 aromatic heterocycles. The summed E-state index contributed by atoms with van der Waals surface area (Å²) in [6.07, 6.45) is 0. The molecule has 0 radical (unpaired) electrons. The van der Waals surface area contributed by atoms with Gasteiger partial charge in [-0.15, -0.1) is 24.8 Å². The van der Waals surface area contributed by atoms with Gasteiger partial charge in [-0.05, 0) is 0 Å². The van der Waals surface area contributed by atoms with Crippen molar-refractivity contribution >= 4 is 24.8 Å². The van der Waals surface area contributed by atoms with Crippen molar-refractivity contribution in [1.82, 2.24) is 10.2 Å². The summed E-state index contributed by atoms with van der Waals surface area (Å²) in [4.78, 5) is 1.59. The van der Waals surface area contributed by atoms with E-state index >= 15 is 0 Å². The maximum atomic E-state index is 13.7. The molecule has 1 fully saturated rings. The maximum Gasteiger partial charge on any atom is 0.195 e. The fourth-order valence-corrected chi connectivity index (χ4v) is 2.26. The van der Waals surface area contributed by atoms with E-state index in [1.165, 1.54) is 0 Å². The fourth-order valence-electron chi connectivity index (χ4n) is 2.26. The Morgan fingerprint density at radius 1 is 1.14 bits per heavy atom. The molecule has 1 saturated heterocycles. The van der Waals surface area contributed by atoms with Gasteiger partial charge < -0.3 is 10.4 Å². The Kier molecular flexibility index (Phi) is 8.31. The molecule has 1 aromatic rings. The normalized spacial score (nSPS) is 16.8. The number of phenolic OH excluding ortho intramolecular Hbond substituents is 1.